The molecule has 8 nitrogen and oxygen atoms in total. The first-order valence-electron chi connectivity index (χ1n) is 10.6. The summed E-state index contributed by atoms with van der Waals surface area (Å²) in [5.41, 5.74) is 3.41. The minimum Gasteiger partial charge on any atom is -0.481 e. The highest BCUT2D eigenvalue weighted by atomic mass is 35.5. The average Bonchev–Trinajstić information content (AvgIpc) is 3.41. The molecular weight excluding hydrogens is 432 g/mol. The van der Waals surface area contributed by atoms with Crippen LogP contribution >= 0.6 is 11.6 Å². The maximum Gasteiger partial charge on any atom is 0.306 e. The van der Waals surface area contributed by atoms with Crippen molar-refractivity contribution >= 4 is 23.3 Å². The number of benzene rings is 1. The molecule has 1 fully saturated rings. The van der Waals surface area contributed by atoms with E-state index in [9.17, 15) is 9.90 Å². The summed E-state index contributed by atoms with van der Waals surface area (Å²) in [6, 6.07) is 7.69. The van der Waals surface area contributed by atoms with Crippen molar-refractivity contribution in [2.45, 2.75) is 52.2 Å². The Labute approximate surface area is 191 Å². The monoisotopic (exact) mass is 456 g/mol. The van der Waals surface area contributed by atoms with E-state index < -0.39 is 5.97 Å². The van der Waals surface area contributed by atoms with E-state index in [2.05, 4.69) is 20.4 Å². The fraction of sp³-hybridized carbons (Fsp3) is 0.391. The second kappa shape index (κ2) is 9.16. The Balaban J connectivity index is 1.48. The maximum atomic E-state index is 11.2. The largest absolute Gasteiger partial charge is 0.481 e. The lowest BCUT2D eigenvalue weighted by Crippen LogP contribution is -2.18. The van der Waals surface area contributed by atoms with Gasteiger partial charge in [0.2, 0.25) is 11.7 Å². The van der Waals surface area contributed by atoms with E-state index in [0.717, 1.165) is 23.2 Å². The Morgan fingerprint density at radius 3 is 2.75 bits per heavy atom. The van der Waals surface area contributed by atoms with E-state index in [1.54, 1.807) is 12.3 Å². The topological polar surface area (TPSA) is 110 Å². The molecule has 4 rings (SSSR count). The molecule has 2 aromatic heterocycles. The summed E-state index contributed by atoms with van der Waals surface area (Å²) in [7, 11) is 0. The van der Waals surface area contributed by atoms with Gasteiger partial charge < -0.3 is 19.7 Å². The van der Waals surface area contributed by atoms with Gasteiger partial charge in [0.05, 0.1) is 12.0 Å². The number of hydrogen-bond donors (Lipinski definition) is 2. The molecule has 1 aromatic carbocycles. The highest BCUT2D eigenvalue weighted by Gasteiger charge is 2.29. The van der Waals surface area contributed by atoms with Crippen LogP contribution in [0.5, 0.6) is 5.88 Å². The van der Waals surface area contributed by atoms with E-state index in [1.807, 2.05) is 39.0 Å². The van der Waals surface area contributed by atoms with Crippen molar-refractivity contribution in [3.63, 3.8) is 0 Å². The quantitative estimate of drug-likeness (QED) is 0.498. The molecule has 2 heterocycles. The molecule has 9 heteroatoms. The molecule has 32 heavy (non-hydrogen) atoms. The second-order valence-corrected chi connectivity index (χ2v) is 8.73. The number of aliphatic carboxylic acids is 1. The average molecular weight is 457 g/mol. The molecule has 0 aliphatic heterocycles. The molecule has 1 aliphatic rings. The third-order valence-corrected chi connectivity index (χ3v) is 5.72. The molecule has 0 amide bonds. The van der Waals surface area contributed by atoms with Gasteiger partial charge in [0, 0.05) is 29.1 Å². The van der Waals surface area contributed by atoms with E-state index in [1.165, 1.54) is 0 Å². The van der Waals surface area contributed by atoms with Gasteiger partial charge in [0.1, 0.15) is 5.02 Å². The van der Waals surface area contributed by atoms with Gasteiger partial charge in [-0.15, -0.1) is 0 Å². The molecule has 1 saturated carbocycles. The number of hydrogen-bond acceptors (Lipinski definition) is 7. The number of aryl methyl sites for hydroxylation is 1. The smallest absolute Gasteiger partial charge is 0.306 e. The van der Waals surface area contributed by atoms with Crippen LogP contribution in [0.1, 0.15) is 38.7 Å². The summed E-state index contributed by atoms with van der Waals surface area (Å²) in [6.45, 7) is 5.80. The normalized spacial score (nSPS) is 18.2. The van der Waals surface area contributed by atoms with Crippen LogP contribution in [0.25, 0.3) is 22.8 Å². The van der Waals surface area contributed by atoms with E-state index in [-0.39, 0.29) is 18.1 Å². The van der Waals surface area contributed by atoms with Crippen LogP contribution in [-0.4, -0.2) is 38.3 Å². The van der Waals surface area contributed by atoms with Crippen LogP contribution in [0.2, 0.25) is 5.02 Å². The number of aromatic nitrogens is 3. The van der Waals surface area contributed by atoms with Crippen molar-refractivity contribution in [3.05, 3.63) is 41.0 Å². The molecule has 0 spiro atoms. The fourth-order valence-corrected chi connectivity index (χ4v) is 4.04. The Bertz CT molecular complexity index is 1130. The zero-order valence-corrected chi connectivity index (χ0v) is 18.9. The fourth-order valence-electron chi connectivity index (χ4n) is 3.83. The molecule has 0 bridgehead atoms. The molecular formula is C23H25ClN4O4. The summed E-state index contributed by atoms with van der Waals surface area (Å²) < 4.78 is 11.0. The van der Waals surface area contributed by atoms with Gasteiger partial charge in [-0.3, -0.25) is 4.79 Å². The van der Waals surface area contributed by atoms with Crippen LogP contribution in [-0.2, 0) is 4.79 Å². The Morgan fingerprint density at radius 2 is 2.09 bits per heavy atom. The van der Waals surface area contributed by atoms with Crippen LogP contribution in [0, 0.1) is 12.8 Å². The van der Waals surface area contributed by atoms with Crippen molar-refractivity contribution in [3.8, 4) is 28.7 Å². The van der Waals surface area contributed by atoms with Crippen molar-refractivity contribution in [2.24, 2.45) is 5.92 Å². The molecule has 0 saturated heterocycles. The molecule has 168 valence electrons. The van der Waals surface area contributed by atoms with Gasteiger partial charge in [-0.1, -0.05) is 16.8 Å². The zero-order valence-electron chi connectivity index (χ0n) is 18.1. The SMILES string of the molecule is Cc1cc(-c2nc(-c3cnc(OC(C)C)c(Cl)c3)no2)ccc1NC1CC[C@@H](C(=O)O)C1. The number of carboxylic acid groups (broad SMARTS) is 1. The van der Waals surface area contributed by atoms with Gasteiger partial charge >= 0.3 is 5.97 Å². The highest BCUT2D eigenvalue weighted by molar-refractivity contribution is 6.32. The van der Waals surface area contributed by atoms with Gasteiger partial charge in [-0.05, 0) is 69.9 Å². The standard InChI is InChI=1S/C23H25ClN4O4/c1-12(2)31-22-18(24)10-16(11-25-22)20-27-21(32-28-20)14-5-7-19(13(3)8-14)26-17-6-4-15(9-17)23(29)30/h5,7-8,10-12,15,17,26H,4,6,9H2,1-3H3,(H,29,30)/t15-,17?/m1/s1. The molecule has 1 aliphatic carbocycles. The first kappa shape index (κ1) is 22.1. The van der Waals surface area contributed by atoms with Crippen LogP contribution in [0.4, 0.5) is 5.69 Å². The molecule has 2 atom stereocenters. The number of pyridine rings is 1. The van der Waals surface area contributed by atoms with Crippen molar-refractivity contribution in [1.82, 2.24) is 15.1 Å². The van der Waals surface area contributed by atoms with E-state index in [0.29, 0.717) is 41.0 Å². The molecule has 1 unspecified atom stereocenters. The van der Waals surface area contributed by atoms with Crippen LogP contribution in [0.15, 0.2) is 35.0 Å². The zero-order chi connectivity index (χ0) is 22.8. The van der Waals surface area contributed by atoms with E-state index >= 15 is 0 Å². The summed E-state index contributed by atoms with van der Waals surface area (Å²) in [4.78, 5) is 19.9. The number of anilines is 1. The lowest BCUT2D eigenvalue weighted by atomic mass is 10.1. The van der Waals surface area contributed by atoms with E-state index in [4.69, 9.17) is 20.9 Å². The molecule has 0 radical (unpaired) electrons. The minimum absolute atomic E-state index is 0.0319. The predicted octanol–water partition coefficient (Wildman–Crippen LogP) is 5.21. The van der Waals surface area contributed by atoms with Crippen LogP contribution < -0.4 is 10.1 Å². The number of rotatable bonds is 7. The number of ether oxygens (including phenoxy) is 1. The Hall–Kier alpha value is -3.13. The third kappa shape index (κ3) is 4.85. The second-order valence-electron chi connectivity index (χ2n) is 8.32. The molecule has 3 aromatic rings. The number of carboxylic acids is 1. The number of halogens is 1. The maximum absolute atomic E-state index is 11.2. The number of nitrogens with one attached hydrogen (secondary N) is 1. The summed E-state index contributed by atoms with van der Waals surface area (Å²) in [6.07, 6.45) is 3.76. The first-order valence-corrected chi connectivity index (χ1v) is 10.9. The summed E-state index contributed by atoms with van der Waals surface area (Å²) in [5, 5.41) is 17.1. The first-order chi connectivity index (χ1) is 15.3. The van der Waals surface area contributed by atoms with Gasteiger partial charge in [0.25, 0.3) is 5.89 Å². The summed E-state index contributed by atoms with van der Waals surface area (Å²) >= 11 is 6.27. The van der Waals surface area contributed by atoms with Gasteiger partial charge in [-0.2, -0.15) is 4.98 Å². The summed E-state index contributed by atoms with van der Waals surface area (Å²) in [5.74, 6) is 0.158. The van der Waals surface area contributed by atoms with Crippen LogP contribution in [0.3, 0.4) is 0 Å². The van der Waals surface area contributed by atoms with Crippen molar-refractivity contribution in [2.75, 3.05) is 5.32 Å². The molecule has 2 N–H and O–H groups in total. The lowest BCUT2D eigenvalue weighted by Gasteiger charge is -2.16. The third-order valence-electron chi connectivity index (χ3n) is 5.45. The Morgan fingerprint density at radius 1 is 1.28 bits per heavy atom. The number of carbonyl (C=O) groups is 1. The lowest BCUT2D eigenvalue weighted by molar-refractivity contribution is -0.141. The van der Waals surface area contributed by atoms with Gasteiger partial charge in [0.15, 0.2) is 0 Å². The minimum atomic E-state index is -0.716. The number of nitrogens with zero attached hydrogens (tertiary/aromatic N) is 3. The Kier molecular flexibility index (Phi) is 6.32. The predicted molar refractivity (Wildman–Crippen MR) is 121 cm³/mol. The van der Waals surface area contributed by atoms with Crippen molar-refractivity contribution < 1.29 is 19.2 Å². The van der Waals surface area contributed by atoms with Crippen molar-refractivity contribution in [1.29, 1.82) is 0 Å². The van der Waals surface area contributed by atoms with Gasteiger partial charge in [-0.25, -0.2) is 4.98 Å². The highest BCUT2D eigenvalue weighted by Crippen LogP contribution is 2.32.